The molecule has 1 fully saturated rings. The van der Waals surface area contributed by atoms with Gasteiger partial charge in [-0.05, 0) is 44.0 Å². The fourth-order valence-electron chi connectivity index (χ4n) is 3.30. The summed E-state index contributed by atoms with van der Waals surface area (Å²) >= 11 is 0. The van der Waals surface area contributed by atoms with Gasteiger partial charge in [0.15, 0.2) is 0 Å². The molecular weight excluding hydrogens is 304 g/mol. The summed E-state index contributed by atoms with van der Waals surface area (Å²) in [5.41, 5.74) is 0.783. The third kappa shape index (κ3) is 4.20. The molecule has 2 aromatic heterocycles. The Labute approximate surface area is 143 Å². The van der Waals surface area contributed by atoms with Crippen molar-refractivity contribution in [3.8, 4) is 0 Å². The van der Waals surface area contributed by atoms with Crippen LogP contribution in [0.5, 0.6) is 0 Å². The van der Waals surface area contributed by atoms with E-state index in [1.165, 1.54) is 0 Å². The molecule has 0 saturated carbocycles. The van der Waals surface area contributed by atoms with E-state index in [0.29, 0.717) is 6.61 Å². The Hall–Kier alpha value is -1.76. The number of nitrogens with zero attached hydrogens (tertiary/aromatic N) is 4. The number of aromatic nitrogens is 3. The van der Waals surface area contributed by atoms with E-state index in [9.17, 15) is 5.11 Å². The first-order valence-corrected chi connectivity index (χ1v) is 8.58. The molecule has 6 nitrogen and oxygen atoms in total. The standard InChI is InChI=1S/C18H26N4O2/c1-24-13-12-22-11-8-20-17(22)14-21-9-5-15(6-10-21)18(23)16-4-2-3-7-19-16/h2-4,7-8,11,15,18,23H,5-6,9-10,12-14H2,1H3/t18-/m0/s1. The Morgan fingerprint density at radius 1 is 1.25 bits per heavy atom. The highest BCUT2D eigenvalue weighted by Crippen LogP contribution is 2.30. The van der Waals surface area contributed by atoms with Crippen molar-refractivity contribution < 1.29 is 9.84 Å². The summed E-state index contributed by atoms with van der Waals surface area (Å²) in [5, 5.41) is 10.5. The van der Waals surface area contributed by atoms with Crippen molar-refractivity contribution in [3.05, 3.63) is 48.3 Å². The summed E-state index contributed by atoms with van der Waals surface area (Å²) in [6.45, 7) is 4.34. The molecule has 1 N–H and O–H groups in total. The SMILES string of the molecule is COCCn1ccnc1CN1CCC([C@H](O)c2ccccn2)CC1. The average Bonchev–Trinajstić information content (AvgIpc) is 3.07. The molecule has 0 aromatic carbocycles. The summed E-state index contributed by atoms with van der Waals surface area (Å²) in [6.07, 6.45) is 7.10. The largest absolute Gasteiger partial charge is 0.387 e. The van der Waals surface area contributed by atoms with Gasteiger partial charge in [-0.15, -0.1) is 0 Å². The van der Waals surface area contributed by atoms with Gasteiger partial charge in [-0.1, -0.05) is 6.07 Å². The molecule has 0 radical (unpaired) electrons. The van der Waals surface area contributed by atoms with Gasteiger partial charge in [0.2, 0.25) is 0 Å². The van der Waals surface area contributed by atoms with Gasteiger partial charge >= 0.3 is 0 Å². The minimum atomic E-state index is -0.461. The lowest BCUT2D eigenvalue weighted by atomic mass is 9.89. The molecule has 0 amide bonds. The second-order valence-corrected chi connectivity index (χ2v) is 6.34. The van der Waals surface area contributed by atoms with Crippen molar-refractivity contribution in [2.75, 3.05) is 26.8 Å². The lowest BCUT2D eigenvalue weighted by Crippen LogP contribution is -2.36. The fourth-order valence-corrected chi connectivity index (χ4v) is 3.30. The molecule has 130 valence electrons. The fraction of sp³-hybridized carbons (Fsp3) is 0.556. The number of methoxy groups -OCH3 is 1. The highest BCUT2D eigenvalue weighted by molar-refractivity contribution is 5.08. The van der Waals surface area contributed by atoms with Crippen molar-refractivity contribution in [2.45, 2.75) is 32.0 Å². The van der Waals surface area contributed by atoms with Crippen LogP contribution in [-0.2, 0) is 17.8 Å². The smallest absolute Gasteiger partial charge is 0.122 e. The van der Waals surface area contributed by atoms with Crippen LogP contribution in [0.15, 0.2) is 36.8 Å². The zero-order chi connectivity index (χ0) is 16.8. The third-order valence-electron chi connectivity index (χ3n) is 4.77. The predicted molar refractivity (Wildman–Crippen MR) is 91.3 cm³/mol. The topological polar surface area (TPSA) is 63.4 Å². The maximum atomic E-state index is 10.5. The third-order valence-corrected chi connectivity index (χ3v) is 4.77. The number of rotatable bonds is 7. The number of likely N-dealkylation sites (tertiary alicyclic amines) is 1. The molecule has 0 unspecified atom stereocenters. The first kappa shape index (κ1) is 17.1. The van der Waals surface area contributed by atoms with E-state index in [4.69, 9.17) is 4.74 Å². The number of pyridine rings is 1. The highest BCUT2D eigenvalue weighted by Gasteiger charge is 2.27. The molecule has 0 spiro atoms. The first-order chi connectivity index (χ1) is 11.8. The molecule has 1 atom stereocenters. The average molecular weight is 330 g/mol. The van der Waals surface area contributed by atoms with Crippen LogP contribution in [0.1, 0.15) is 30.5 Å². The number of hydrogen-bond acceptors (Lipinski definition) is 5. The van der Waals surface area contributed by atoms with Gasteiger partial charge in [0.1, 0.15) is 5.82 Å². The predicted octanol–water partition coefficient (Wildman–Crippen LogP) is 1.87. The van der Waals surface area contributed by atoms with Gasteiger partial charge in [0.05, 0.1) is 24.9 Å². The molecule has 2 aromatic rings. The number of hydrogen-bond donors (Lipinski definition) is 1. The van der Waals surface area contributed by atoms with Crippen molar-refractivity contribution in [2.24, 2.45) is 5.92 Å². The quantitative estimate of drug-likeness (QED) is 0.840. The zero-order valence-corrected chi connectivity index (χ0v) is 14.2. The van der Waals surface area contributed by atoms with E-state index in [1.807, 2.05) is 30.6 Å². The van der Waals surface area contributed by atoms with Gasteiger partial charge in [-0.3, -0.25) is 9.88 Å². The molecule has 3 heterocycles. The second kappa shape index (κ2) is 8.37. The molecule has 1 aliphatic heterocycles. The lowest BCUT2D eigenvalue weighted by Gasteiger charge is -2.33. The van der Waals surface area contributed by atoms with Crippen LogP contribution in [-0.4, -0.2) is 51.3 Å². The van der Waals surface area contributed by atoms with Crippen molar-refractivity contribution in [1.82, 2.24) is 19.4 Å². The van der Waals surface area contributed by atoms with E-state index in [-0.39, 0.29) is 5.92 Å². The van der Waals surface area contributed by atoms with Crippen LogP contribution in [0.4, 0.5) is 0 Å². The molecular formula is C18H26N4O2. The summed E-state index contributed by atoms with van der Waals surface area (Å²) in [7, 11) is 1.72. The summed E-state index contributed by atoms with van der Waals surface area (Å²) in [4.78, 5) is 11.2. The zero-order valence-electron chi connectivity index (χ0n) is 14.2. The maximum absolute atomic E-state index is 10.5. The molecule has 1 saturated heterocycles. The molecule has 0 aliphatic carbocycles. The van der Waals surface area contributed by atoms with Crippen molar-refractivity contribution in [1.29, 1.82) is 0 Å². The summed E-state index contributed by atoms with van der Waals surface area (Å²) in [5.74, 6) is 1.36. The van der Waals surface area contributed by atoms with Crippen LogP contribution in [0.25, 0.3) is 0 Å². The molecule has 6 heteroatoms. The molecule has 3 rings (SSSR count). The van der Waals surface area contributed by atoms with Crippen LogP contribution in [0.2, 0.25) is 0 Å². The van der Waals surface area contributed by atoms with Gasteiger partial charge in [-0.25, -0.2) is 4.98 Å². The van der Waals surface area contributed by atoms with Gasteiger partial charge in [-0.2, -0.15) is 0 Å². The van der Waals surface area contributed by atoms with E-state index in [2.05, 4.69) is 19.4 Å². The van der Waals surface area contributed by atoms with Crippen LogP contribution < -0.4 is 0 Å². The Morgan fingerprint density at radius 2 is 2.08 bits per heavy atom. The summed E-state index contributed by atoms with van der Waals surface area (Å²) < 4.78 is 7.30. The normalized spacial score (nSPS) is 17.9. The van der Waals surface area contributed by atoms with Crippen molar-refractivity contribution in [3.63, 3.8) is 0 Å². The Bertz CT molecular complexity index is 608. The number of imidazole rings is 1. The first-order valence-electron chi connectivity index (χ1n) is 8.58. The Balaban J connectivity index is 1.51. The van der Waals surface area contributed by atoms with E-state index in [1.54, 1.807) is 13.3 Å². The van der Waals surface area contributed by atoms with Crippen LogP contribution in [0, 0.1) is 5.92 Å². The van der Waals surface area contributed by atoms with Crippen LogP contribution in [0.3, 0.4) is 0 Å². The highest BCUT2D eigenvalue weighted by atomic mass is 16.5. The van der Waals surface area contributed by atoms with E-state index >= 15 is 0 Å². The van der Waals surface area contributed by atoms with Crippen molar-refractivity contribution >= 4 is 0 Å². The van der Waals surface area contributed by atoms with E-state index < -0.39 is 6.10 Å². The van der Waals surface area contributed by atoms with Gasteiger partial charge < -0.3 is 14.4 Å². The Morgan fingerprint density at radius 3 is 2.79 bits per heavy atom. The van der Waals surface area contributed by atoms with Gasteiger partial charge in [0, 0.05) is 32.2 Å². The summed E-state index contributed by atoms with van der Waals surface area (Å²) in [6, 6.07) is 5.72. The lowest BCUT2D eigenvalue weighted by molar-refractivity contribution is 0.0529. The molecule has 1 aliphatic rings. The van der Waals surface area contributed by atoms with Gasteiger partial charge in [0.25, 0.3) is 0 Å². The Kier molecular flexibility index (Phi) is 5.96. The van der Waals surface area contributed by atoms with E-state index in [0.717, 1.165) is 50.5 Å². The molecule has 24 heavy (non-hydrogen) atoms. The number of piperidine rings is 1. The number of aliphatic hydroxyl groups excluding tert-OH is 1. The monoisotopic (exact) mass is 330 g/mol. The number of aliphatic hydroxyl groups is 1. The molecule has 0 bridgehead atoms. The number of ether oxygens (including phenoxy) is 1. The second-order valence-electron chi connectivity index (χ2n) is 6.34. The minimum Gasteiger partial charge on any atom is -0.387 e. The van der Waals surface area contributed by atoms with Crippen LogP contribution >= 0.6 is 0 Å². The minimum absolute atomic E-state index is 0.282. The maximum Gasteiger partial charge on any atom is 0.122 e.